The van der Waals surface area contributed by atoms with Crippen molar-refractivity contribution in [3.8, 4) is 11.8 Å². The summed E-state index contributed by atoms with van der Waals surface area (Å²) in [5.74, 6) is 4.46. The van der Waals surface area contributed by atoms with Crippen LogP contribution in [0.3, 0.4) is 0 Å². The summed E-state index contributed by atoms with van der Waals surface area (Å²) in [4.78, 5) is 16.1. The number of rotatable bonds is 3. The molecule has 1 aromatic carbocycles. The highest BCUT2D eigenvalue weighted by molar-refractivity contribution is 5.94. The normalized spacial score (nSPS) is 9.62. The predicted molar refractivity (Wildman–Crippen MR) is 75.8 cm³/mol. The lowest BCUT2D eigenvalue weighted by Crippen LogP contribution is -2.24. The Hall–Kier alpha value is -2.71. The van der Waals surface area contributed by atoms with E-state index in [4.69, 9.17) is 5.11 Å². The summed E-state index contributed by atoms with van der Waals surface area (Å²) in [6.45, 7) is -0.0198. The van der Waals surface area contributed by atoms with Crippen molar-refractivity contribution in [3.63, 3.8) is 0 Å². The van der Waals surface area contributed by atoms with Gasteiger partial charge in [-0.15, -0.1) is 0 Å². The maximum atomic E-state index is 12.8. The molecule has 0 unspecified atom stereocenters. The number of benzene rings is 1. The second-order valence-electron chi connectivity index (χ2n) is 4.17. The predicted octanol–water partition coefficient (Wildman–Crippen LogP) is 1.49. The Morgan fingerprint density at radius 2 is 2.05 bits per heavy atom. The van der Waals surface area contributed by atoms with E-state index >= 15 is 0 Å². The van der Waals surface area contributed by atoms with Crippen molar-refractivity contribution in [2.45, 2.75) is 6.54 Å². The Balaban J connectivity index is 2.08. The smallest absolute Gasteiger partial charge is 0.271 e. The van der Waals surface area contributed by atoms with Crippen LogP contribution in [0.2, 0.25) is 0 Å². The minimum atomic E-state index is -0.373. The quantitative estimate of drug-likeness (QED) is 0.840. The first kappa shape index (κ1) is 14.7. The molecule has 0 saturated heterocycles. The lowest BCUT2D eigenvalue weighted by atomic mass is 10.1. The van der Waals surface area contributed by atoms with Gasteiger partial charge in [0.05, 0.1) is 5.56 Å². The molecular weight excluding hydrogens is 271 g/mol. The van der Waals surface area contributed by atoms with Gasteiger partial charge < -0.3 is 10.4 Å². The van der Waals surface area contributed by atoms with Gasteiger partial charge in [0, 0.05) is 12.7 Å². The van der Waals surface area contributed by atoms with Gasteiger partial charge in [-0.05, 0) is 29.8 Å². The number of carbonyl (C=O) groups excluding carboxylic acids is 1. The first-order valence-electron chi connectivity index (χ1n) is 6.28. The molecule has 0 bridgehead atoms. The van der Waals surface area contributed by atoms with E-state index in [1.165, 1.54) is 18.3 Å². The third-order valence-electron chi connectivity index (χ3n) is 2.69. The van der Waals surface area contributed by atoms with Gasteiger partial charge in [0.25, 0.3) is 5.91 Å². The largest absolute Gasteiger partial charge is 0.384 e. The molecule has 0 atom stereocenters. The molecule has 2 rings (SSSR count). The second kappa shape index (κ2) is 7.17. The van der Waals surface area contributed by atoms with Crippen LogP contribution in [0.25, 0.3) is 0 Å². The molecule has 0 saturated carbocycles. The van der Waals surface area contributed by atoms with Crippen LogP contribution < -0.4 is 5.32 Å². The molecule has 0 radical (unpaired) electrons. The van der Waals surface area contributed by atoms with Crippen molar-refractivity contribution in [1.29, 1.82) is 0 Å². The van der Waals surface area contributed by atoms with Gasteiger partial charge in [-0.2, -0.15) is 0 Å². The Labute approximate surface area is 121 Å². The summed E-state index contributed by atoms with van der Waals surface area (Å²) < 4.78 is 12.8. The van der Waals surface area contributed by atoms with Crippen LogP contribution in [0, 0.1) is 17.7 Å². The second-order valence-corrected chi connectivity index (χ2v) is 4.17. The van der Waals surface area contributed by atoms with E-state index in [1.54, 1.807) is 24.3 Å². The lowest BCUT2D eigenvalue weighted by molar-refractivity contribution is 0.0945. The third-order valence-corrected chi connectivity index (χ3v) is 2.69. The minimum absolute atomic E-state index is 0.195. The van der Waals surface area contributed by atoms with E-state index in [1.807, 2.05) is 0 Å². The molecule has 5 heteroatoms. The molecule has 1 amide bonds. The van der Waals surface area contributed by atoms with E-state index in [2.05, 4.69) is 22.1 Å². The highest BCUT2D eigenvalue weighted by atomic mass is 19.1. The van der Waals surface area contributed by atoms with Crippen LogP contribution in [0.4, 0.5) is 4.39 Å². The van der Waals surface area contributed by atoms with Gasteiger partial charge in [0.1, 0.15) is 18.1 Å². The van der Waals surface area contributed by atoms with Gasteiger partial charge in [-0.3, -0.25) is 4.79 Å². The van der Waals surface area contributed by atoms with Crippen LogP contribution in [0.15, 0.2) is 42.6 Å². The van der Waals surface area contributed by atoms with Gasteiger partial charge >= 0.3 is 0 Å². The van der Waals surface area contributed by atoms with E-state index in [0.29, 0.717) is 5.56 Å². The molecule has 0 aliphatic rings. The van der Waals surface area contributed by atoms with Crippen molar-refractivity contribution in [3.05, 3.63) is 65.2 Å². The minimum Gasteiger partial charge on any atom is -0.384 e. The molecule has 0 aliphatic heterocycles. The summed E-state index contributed by atoms with van der Waals surface area (Å²) in [5.41, 5.74) is 1.42. The number of aliphatic hydroxyl groups excluding tert-OH is 1. The molecule has 1 aromatic heterocycles. The zero-order valence-corrected chi connectivity index (χ0v) is 11.1. The van der Waals surface area contributed by atoms with E-state index in [9.17, 15) is 9.18 Å². The molecule has 21 heavy (non-hydrogen) atoms. The fourth-order valence-corrected chi connectivity index (χ4v) is 1.69. The number of hydrogen-bond acceptors (Lipinski definition) is 3. The molecule has 1 heterocycles. The zero-order valence-electron chi connectivity index (χ0n) is 11.1. The molecule has 0 fully saturated rings. The highest BCUT2D eigenvalue weighted by Gasteiger charge is 2.11. The Morgan fingerprint density at radius 1 is 1.29 bits per heavy atom. The Kier molecular flexibility index (Phi) is 5.02. The summed E-state index contributed by atoms with van der Waals surface area (Å²) in [6, 6.07) is 9.18. The van der Waals surface area contributed by atoms with Crippen molar-refractivity contribution < 1.29 is 14.3 Å². The number of carbonyl (C=O) groups is 1. The van der Waals surface area contributed by atoms with E-state index < -0.39 is 0 Å². The van der Waals surface area contributed by atoms with Gasteiger partial charge in [-0.25, -0.2) is 9.37 Å². The van der Waals surface area contributed by atoms with Crippen molar-refractivity contribution in [2.24, 2.45) is 0 Å². The monoisotopic (exact) mass is 284 g/mol. The molecule has 2 N–H and O–H groups in total. The number of pyridine rings is 1. The summed E-state index contributed by atoms with van der Waals surface area (Å²) in [6.07, 6.45) is 1.50. The highest BCUT2D eigenvalue weighted by Crippen LogP contribution is 2.06. The first-order valence-corrected chi connectivity index (χ1v) is 6.28. The molecule has 2 aromatic rings. The van der Waals surface area contributed by atoms with Gasteiger partial charge in [-0.1, -0.05) is 24.0 Å². The molecule has 106 valence electrons. The standard InChI is InChI=1S/C16H13FN2O2/c17-14-7-5-12(6-8-14)11-19-16(21)15-13(4-2-10-20)3-1-9-18-15/h1,3,5-9,20H,10-11H2,(H,19,21). The van der Waals surface area contributed by atoms with E-state index in [-0.39, 0.29) is 30.6 Å². The van der Waals surface area contributed by atoms with Crippen LogP contribution in [0.1, 0.15) is 21.6 Å². The average molecular weight is 284 g/mol. The number of hydrogen-bond donors (Lipinski definition) is 2. The number of aromatic nitrogens is 1. The fourth-order valence-electron chi connectivity index (χ4n) is 1.69. The van der Waals surface area contributed by atoms with Gasteiger partial charge in [0.15, 0.2) is 0 Å². The number of nitrogens with one attached hydrogen (secondary N) is 1. The van der Waals surface area contributed by atoms with Crippen LogP contribution in [-0.4, -0.2) is 22.6 Å². The summed E-state index contributed by atoms with van der Waals surface area (Å²) >= 11 is 0. The van der Waals surface area contributed by atoms with Crippen molar-refractivity contribution in [2.75, 3.05) is 6.61 Å². The maximum Gasteiger partial charge on any atom is 0.271 e. The molecular formula is C16H13FN2O2. The fraction of sp³-hybridized carbons (Fsp3) is 0.125. The SMILES string of the molecule is O=C(NCc1ccc(F)cc1)c1ncccc1C#CCO. The molecule has 4 nitrogen and oxygen atoms in total. The summed E-state index contributed by atoms with van der Waals surface area (Å²) in [7, 11) is 0. The topological polar surface area (TPSA) is 62.2 Å². The lowest BCUT2D eigenvalue weighted by Gasteiger charge is -2.06. The zero-order chi connectivity index (χ0) is 15.1. The summed E-state index contributed by atoms with van der Waals surface area (Å²) in [5, 5.41) is 11.4. The molecule has 0 spiro atoms. The Bertz CT molecular complexity index is 687. The number of nitrogens with zero attached hydrogens (tertiary/aromatic N) is 1. The van der Waals surface area contributed by atoms with Crippen molar-refractivity contribution >= 4 is 5.91 Å². The third kappa shape index (κ3) is 4.13. The first-order chi connectivity index (χ1) is 10.2. The average Bonchev–Trinajstić information content (AvgIpc) is 2.52. The molecule has 0 aliphatic carbocycles. The number of aliphatic hydroxyl groups is 1. The van der Waals surface area contributed by atoms with Crippen LogP contribution >= 0.6 is 0 Å². The van der Waals surface area contributed by atoms with Crippen molar-refractivity contribution in [1.82, 2.24) is 10.3 Å². The number of halogens is 1. The number of amides is 1. The maximum absolute atomic E-state index is 12.8. The van der Waals surface area contributed by atoms with E-state index in [0.717, 1.165) is 5.56 Å². The van der Waals surface area contributed by atoms with Crippen LogP contribution in [0.5, 0.6) is 0 Å². The Morgan fingerprint density at radius 3 is 2.76 bits per heavy atom. The van der Waals surface area contributed by atoms with Crippen LogP contribution in [-0.2, 0) is 6.54 Å². The van der Waals surface area contributed by atoms with Gasteiger partial charge in [0.2, 0.25) is 0 Å².